The van der Waals surface area contributed by atoms with E-state index in [9.17, 15) is 4.79 Å². The second-order valence-electron chi connectivity index (χ2n) is 4.78. The molecule has 2 rings (SSSR count). The lowest BCUT2D eigenvalue weighted by Crippen LogP contribution is -2.41. The van der Waals surface area contributed by atoms with Crippen LogP contribution in [-0.4, -0.2) is 34.3 Å². The summed E-state index contributed by atoms with van der Waals surface area (Å²) < 4.78 is 0. The Balaban J connectivity index is 1.95. The maximum atomic E-state index is 12.1. The summed E-state index contributed by atoms with van der Waals surface area (Å²) in [7, 11) is 0. The molecule has 19 heavy (non-hydrogen) atoms. The number of carbonyl (C=O) groups excluding carboxylic acids is 1. The van der Waals surface area contributed by atoms with Crippen LogP contribution in [0.1, 0.15) is 24.8 Å². The number of amides is 2. The van der Waals surface area contributed by atoms with E-state index in [0.29, 0.717) is 25.6 Å². The highest BCUT2D eigenvalue weighted by molar-refractivity contribution is 5.79. The summed E-state index contributed by atoms with van der Waals surface area (Å²) >= 11 is 0. The Morgan fingerprint density at radius 3 is 2.95 bits per heavy atom. The average Bonchev–Trinajstić information content (AvgIpc) is 3.19. The predicted octanol–water partition coefficient (Wildman–Crippen LogP) is 1.08. The molecule has 0 atom stereocenters. The quantitative estimate of drug-likeness (QED) is 0.528. The van der Waals surface area contributed by atoms with Crippen LogP contribution in [0.25, 0.3) is 0 Å². The van der Waals surface area contributed by atoms with Crippen LogP contribution in [0.5, 0.6) is 0 Å². The minimum atomic E-state index is -0.0902. The Bertz CT molecular complexity index is 444. The molecule has 0 saturated heterocycles. The van der Waals surface area contributed by atoms with Gasteiger partial charge in [0.1, 0.15) is 0 Å². The molecule has 2 amide bonds. The standard InChI is InChI=1S/C13H19N5O/c14-12(15)5-7-18(13(19)17-11-3-4-11)9-10-2-1-6-16-8-10/h1-2,6,8,11H,3-5,7,9H2,(H3,14,15)(H,17,19). The third-order valence-electron chi connectivity index (χ3n) is 2.94. The molecule has 1 saturated carbocycles. The number of nitrogens with one attached hydrogen (secondary N) is 2. The van der Waals surface area contributed by atoms with E-state index in [4.69, 9.17) is 11.1 Å². The number of hydrogen-bond donors (Lipinski definition) is 3. The summed E-state index contributed by atoms with van der Waals surface area (Å²) in [6, 6.07) is 4.00. The molecule has 0 spiro atoms. The Hall–Kier alpha value is -2.11. The number of urea groups is 1. The van der Waals surface area contributed by atoms with Crippen molar-refractivity contribution in [2.45, 2.75) is 31.8 Å². The number of amidine groups is 1. The lowest BCUT2D eigenvalue weighted by molar-refractivity contribution is 0.196. The van der Waals surface area contributed by atoms with Crippen LogP contribution in [0.15, 0.2) is 24.5 Å². The summed E-state index contributed by atoms with van der Waals surface area (Å²) in [4.78, 5) is 17.8. The molecule has 1 aliphatic carbocycles. The zero-order chi connectivity index (χ0) is 13.7. The topological polar surface area (TPSA) is 95.1 Å². The summed E-state index contributed by atoms with van der Waals surface area (Å²) in [5.41, 5.74) is 6.33. The molecular weight excluding hydrogens is 242 g/mol. The van der Waals surface area contributed by atoms with Gasteiger partial charge in [-0.1, -0.05) is 6.07 Å². The van der Waals surface area contributed by atoms with Crippen LogP contribution in [0.3, 0.4) is 0 Å². The first-order valence-electron chi connectivity index (χ1n) is 6.42. The van der Waals surface area contributed by atoms with Crippen molar-refractivity contribution in [2.24, 2.45) is 5.73 Å². The predicted molar refractivity (Wildman–Crippen MR) is 72.7 cm³/mol. The largest absolute Gasteiger partial charge is 0.388 e. The van der Waals surface area contributed by atoms with Crippen molar-refractivity contribution in [3.63, 3.8) is 0 Å². The molecule has 0 aromatic carbocycles. The van der Waals surface area contributed by atoms with Gasteiger partial charge in [0, 0.05) is 37.9 Å². The van der Waals surface area contributed by atoms with E-state index >= 15 is 0 Å². The second-order valence-corrected chi connectivity index (χ2v) is 4.78. The highest BCUT2D eigenvalue weighted by atomic mass is 16.2. The van der Waals surface area contributed by atoms with E-state index in [0.717, 1.165) is 18.4 Å². The molecule has 0 aliphatic heterocycles. The molecule has 0 radical (unpaired) electrons. The molecule has 1 fully saturated rings. The molecule has 1 heterocycles. The van der Waals surface area contributed by atoms with Gasteiger partial charge in [-0.15, -0.1) is 0 Å². The van der Waals surface area contributed by atoms with E-state index in [1.54, 1.807) is 17.3 Å². The number of aromatic nitrogens is 1. The van der Waals surface area contributed by atoms with Crippen molar-refractivity contribution in [3.8, 4) is 0 Å². The smallest absolute Gasteiger partial charge is 0.317 e. The van der Waals surface area contributed by atoms with Crippen molar-refractivity contribution in [1.29, 1.82) is 5.41 Å². The molecule has 6 heteroatoms. The first-order chi connectivity index (χ1) is 9.15. The lowest BCUT2D eigenvalue weighted by Gasteiger charge is -2.23. The molecule has 4 N–H and O–H groups in total. The molecule has 0 unspecified atom stereocenters. The van der Waals surface area contributed by atoms with Crippen LogP contribution in [0, 0.1) is 5.41 Å². The molecule has 6 nitrogen and oxygen atoms in total. The first-order valence-corrected chi connectivity index (χ1v) is 6.42. The Morgan fingerprint density at radius 1 is 1.58 bits per heavy atom. The Kier molecular flexibility index (Phi) is 4.33. The van der Waals surface area contributed by atoms with Gasteiger partial charge < -0.3 is 16.0 Å². The highest BCUT2D eigenvalue weighted by Gasteiger charge is 2.25. The molecule has 0 bridgehead atoms. The van der Waals surface area contributed by atoms with Crippen molar-refractivity contribution in [2.75, 3.05) is 6.54 Å². The van der Waals surface area contributed by atoms with Crippen LogP contribution < -0.4 is 11.1 Å². The number of nitrogens with zero attached hydrogens (tertiary/aromatic N) is 2. The Labute approximate surface area is 112 Å². The van der Waals surface area contributed by atoms with Crippen LogP contribution in [0.2, 0.25) is 0 Å². The average molecular weight is 261 g/mol. The monoisotopic (exact) mass is 261 g/mol. The Morgan fingerprint density at radius 2 is 2.37 bits per heavy atom. The van der Waals surface area contributed by atoms with E-state index < -0.39 is 0 Å². The minimum Gasteiger partial charge on any atom is -0.388 e. The third-order valence-corrected chi connectivity index (χ3v) is 2.94. The fourth-order valence-corrected chi connectivity index (χ4v) is 1.71. The SMILES string of the molecule is N=C(N)CCN(Cc1cccnc1)C(=O)NC1CC1. The molecule has 1 aliphatic rings. The van der Waals surface area contributed by atoms with Gasteiger partial charge in [-0.25, -0.2) is 4.79 Å². The van der Waals surface area contributed by atoms with Gasteiger partial charge >= 0.3 is 6.03 Å². The zero-order valence-electron chi connectivity index (χ0n) is 10.8. The van der Waals surface area contributed by atoms with Gasteiger partial charge in [-0.3, -0.25) is 10.4 Å². The van der Waals surface area contributed by atoms with Crippen molar-refractivity contribution < 1.29 is 4.79 Å². The van der Waals surface area contributed by atoms with Gasteiger partial charge in [-0.2, -0.15) is 0 Å². The molecule has 102 valence electrons. The fourth-order valence-electron chi connectivity index (χ4n) is 1.71. The van der Waals surface area contributed by atoms with E-state index in [1.165, 1.54) is 0 Å². The number of nitrogens with two attached hydrogens (primary N) is 1. The summed E-state index contributed by atoms with van der Waals surface area (Å²) in [6.07, 6.45) is 5.94. The normalized spacial score (nSPS) is 13.9. The molecule has 1 aromatic heterocycles. The van der Waals surface area contributed by atoms with Crippen LogP contribution in [0.4, 0.5) is 4.79 Å². The number of pyridine rings is 1. The van der Waals surface area contributed by atoms with E-state index in [2.05, 4.69) is 10.3 Å². The lowest BCUT2D eigenvalue weighted by atomic mass is 10.2. The van der Waals surface area contributed by atoms with Crippen molar-refractivity contribution >= 4 is 11.9 Å². The maximum absolute atomic E-state index is 12.1. The van der Waals surface area contributed by atoms with Crippen LogP contribution >= 0.6 is 0 Å². The van der Waals surface area contributed by atoms with Gasteiger partial charge in [0.15, 0.2) is 0 Å². The van der Waals surface area contributed by atoms with Gasteiger partial charge in [0.25, 0.3) is 0 Å². The summed E-state index contributed by atoms with van der Waals surface area (Å²) in [5, 5.41) is 10.2. The minimum absolute atomic E-state index is 0.0902. The number of rotatable bonds is 6. The van der Waals surface area contributed by atoms with Gasteiger partial charge in [0.2, 0.25) is 0 Å². The number of carbonyl (C=O) groups is 1. The van der Waals surface area contributed by atoms with Crippen LogP contribution in [-0.2, 0) is 6.54 Å². The van der Waals surface area contributed by atoms with E-state index in [1.807, 2.05) is 12.1 Å². The molecular formula is C13H19N5O. The molecule has 1 aromatic rings. The zero-order valence-corrected chi connectivity index (χ0v) is 10.8. The van der Waals surface area contributed by atoms with Gasteiger partial charge in [-0.05, 0) is 24.5 Å². The highest BCUT2D eigenvalue weighted by Crippen LogP contribution is 2.19. The summed E-state index contributed by atoms with van der Waals surface area (Å²) in [5.74, 6) is 0.0930. The van der Waals surface area contributed by atoms with Crippen molar-refractivity contribution in [3.05, 3.63) is 30.1 Å². The summed E-state index contributed by atoms with van der Waals surface area (Å²) in [6.45, 7) is 0.933. The van der Waals surface area contributed by atoms with Gasteiger partial charge in [0.05, 0.1) is 5.84 Å². The second kappa shape index (κ2) is 6.17. The maximum Gasteiger partial charge on any atom is 0.317 e. The van der Waals surface area contributed by atoms with E-state index in [-0.39, 0.29) is 11.9 Å². The fraction of sp³-hybridized carbons (Fsp3) is 0.462. The first kappa shape index (κ1) is 13.3. The van der Waals surface area contributed by atoms with Crippen molar-refractivity contribution in [1.82, 2.24) is 15.2 Å². The third kappa shape index (κ3) is 4.57. The number of hydrogen-bond acceptors (Lipinski definition) is 3.